The smallest absolute Gasteiger partial charge is 0.363 e. The molecule has 2 heterocycles. The van der Waals surface area contributed by atoms with E-state index in [-0.39, 0.29) is 11.9 Å². The van der Waals surface area contributed by atoms with Crippen LogP contribution in [-0.4, -0.2) is 15.9 Å². The highest BCUT2D eigenvalue weighted by atomic mass is 16.6. The minimum absolute atomic E-state index is 0.145. The Hall–Kier alpha value is -2.37. The fraction of sp³-hybridized carbons (Fsp3) is 0.308. The summed E-state index contributed by atoms with van der Waals surface area (Å²) in [5.41, 5.74) is 0.776. The van der Waals surface area contributed by atoms with E-state index in [4.69, 9.17) is 4.42 Å². The van der Waals surface area contributed by atoms with E-state index < -0.39 is 4.92 Å². The van der Waals surface area contributed by atoms with Crippen molar-refractivity contribution in [2.45, 2.75) is 25.8 Å². The summed E-state index contributed by atoms with van der Waals surface area (Å²) < 4.78 is 5.26. The van der Waals surface area contributed by atoms with Crippen molar-refractivity contribution in [3.63, 3.8) is 0 Å². The van der Waals surface area contributed by atoms with Crippen LogP contribution in [0.25, 0.3) is 0 Å². The predicted molar refractivity (Wildman–Crippen MR) is 71.0 cm³/mol. The second-order valence-corrected chi connectivity index (χ2v) is 4.33. The van der Waals surface area contributed by atoms with E-state index in [1.165, 1.54) is 12.3 Å². The quantitative estimate of drug-likeness (QED) is 0.638. The summed E-state index contributed by atoms with van der Waals surface area (Å²) in [4.78, 5) is 13.7. The van der Waals surface area contributed by atoms with Crippen LogP contribution in [0.5, 0.6) is 0 Å². The lowest BCUT2D eigenvalue weighted by molar-refractivity contribution is -0.389. The molecular weight excluding hydrogens is 246 g/mol. The zero-order valence-corrected chi connectivity index (χ0v) is 10.6. The number of nitrogens with one attached hydrogen (secondary N) is 1. The van der Waals surface area contributed by atoms with E-state index >= 15 is 0 Å². The van der Waals surface area contributed by atoms with E-state index in [0.29, 0.717) is 0 Å². The first-order chi connectivity index (χ1) is 9.15. The standard InChI is InChI=1S/C13H15N3O3/c1-10(4-6-12-3-2-8-19-12)15-11-5-7-13(14-9-11)16(17)18/h2-3,5,7-10,15H,4,6H2,1H3. The average molecular weight is 261 g/mol. The molecule has 1 unspecified atom stereocenters. The van der Waals surface area contributed by atoms with Crippen molar-refractivity contribution >= 4 is 11.5 Å². The van der Waals surface area contributed by atoms with Crippen molar-refractivity contribution in [3.8, 4) is 0 Å². The minimum Gasteiger partial charge on any atom is -0.469 e. The van der Waals surface area contributed by atoms with E-state index in [0.717, 1.165) is 24.3 Å². The number of anilines is 1. The molecule has 19 heavy (non-hydrogen) atoms. The number of nitro groups is 1. The lowest BCUT2D eigenvalue weighted by Gasteiger charge is -2.13. The van der Waals surface area contributed by atoms with Gasteiger partial charge < -0.3 is 19.8 Å². The maximum atomic E-state index is 10.5. The normalized spacial score (nSPS) is 12.1. The van der Waals surface area contributed by atoms with Crippen LogP contribution in [-0.2, 0) is 6.42 Å². The Kier molecular flexibility index (Phi) is 4.12. The SMILES string of the molecule is CC(CCc1ccco1)Nc1ccc([N+](=O)[O-])nc1. The van der Waals surface area contributed by atoms with E-state index in [2.05, 4.69) is 10.3 Å². The van der Waals surface area contributed by atoms with Gasteiger partial charge in [0.1, 0.15) is 5.76 Å². The molecule has 0 spiro atoms. The van der Waals surface area contributed by atoms with Crippen molar-refractivity contribution in [2.75, 3.05) is 5.32 Å². The number of aryl methyl sites for hydroxylation is 1. The summed E-state index contributed by atoms with van der Waals surface area (Å²) in [5.74, 6) is 0.810. The van der Waals surface area contributed by atoms with Gasteiger partial charge >= 0.3 is 5.82 Å². The maximum Gasteiger partial charge on any atom is 0.363 e. The fourth-order valence-corrected chi connectivity index (χ4v) is 1.75. The maximum absolute atomic E-state index is 10.5. The molecule has 0 aliphatic carbocycles. The second-order valence-electron chi connectivity index (χ2n) is 4.33. The number of aromatic nitrogens is 1. The second kappa shape index (κ2) is 5.99. The number of hydrogen-bond acceptors (Lipinski definition) is 5. The minimum atomic E-state index is -0.510. The van der Waals surface area contributed by atoms with Crippen LogP contribution in [0.15, 0.2) is 41.1 Å². The Labute approximate surface area is 110 Å². The lowest BCUT2D eigenvalue weighted by atomic mass is 10.1. The molecule has 0 aromatic carbocycles. The lowest BCUT2D eigenvalue weighted by Crippen LogP contribution is -2.16. The first kappa shape index (κ1) is 13.1. The fourth-order valence-electron chi connectivity index (χ4n) is 1.75. The van der Waals surface area contributed by atoms with Crippen LogP contribution in [0.4, 0.5) is 11.5 Å². The number of rotatable bonds is 6. The molecule has 0 saturated heterocycles. The van der Waals surface area contributed by atoms with Crippen molar-refractivity contribution in [1.29, 1.82) is 0 Å². The zero-order valence-electron chi connectivity index (χ0n) is 10.6. The number of pyridine rings is 1. The van der Waals surface area contributed by atoms with Crippen LogP contribution < -0.4 is 5.32 Å². The monoisotopic (exact) mass is 261 g/mol. The van der Waals surface area contributed by atoms with E-state index in [1.807, 2.05) is 19.1 Å². The Balaban J connectivity index is 1.84. The summed E-state index contributed by atoms with van der Waals surface area (Å²) in [6.07, 6.45) is 4.89. The molecule has 100 valence electrons. The van der Waals surface area contributed by atoms with Crippen molar-refractivity contribution in [2.24, 2.45) is 0 Å². The van der Waals surface area contributed by atoms with Gasteiger partial charge in [-0.25, -0.2) is 0 Å². The Bertz CT molecular complexity index is 523. The van der Waals surface area contributed by atoms with Gasteiger partial charge in [0, 0.05) is 18.5 Å². The molecule has 1 N–H and O–H groups in total. The topological polar surface area (TPSA) is 81.2 Å². The summed E-state index contributed by atoms with van der Waals surface area (Å²) in [5, 5.41) is 13.7. The molecule has 0 bridgehead atoms. The highest BCUT2D eigenvalue weighted by molar-refractivity contribution is 5.44. The molecule has 0 saturated carbocycles. The molecule has 2 aromatic rings. The van der Waals surface area contributed by atoms with Crippen LogP contribution in [0.2, 0.25) is 0 Å². The summed E-state index contributed by atoms with van der Waals surface area (Å²) in [6, 6.07) is 7.09. The van der Waals surface area contributed by atoms with Gasteiger partial charge in [-0.15, -0.1) is 0 Å². The molecule has 0 radical (unpaired) electrons. The molecule has 1 atom stereocenters. The average Bonchev–Trinajstić information content (AvgIpc) is 2.90. The van der Waals surface area contributed by atoms with Crippen LogP contribution in [0, 0.1) is 10.1 Å². The number of hydrogen-bond donors (Lipinski definition) is 1. The van der Waals surface area contributed by atoms with Crippen LogP contribution >= 0.6 is 0 Å². The highest BCUT2D eigenvalue weighted by Crippen LogP contribution is 2.14. The van der Waals surface area contributed by atoms with Gasteiger partial charge in [0.05, 0.1) is 12.0 Å². The van der Waals surface area contributed by atoms with Crippen molar-refractivity contribution < 1.29 is 9.34 Å². The molecular formula is C13H15N3O3. The van der Waals surface area contributed by atoms with Crippen molar-refractivity contribution in [3.05, 3.63) is 52.6 Å². The first-order valence-corrected chi connectivity index (χ1v) is 6.04. The Morgan fingerprint density at radius 3 is 2.89 bits per heavy atom. The zero-order chi connectivity index (χ0) is 13.7. The third-order valence-electron chi connectivity index (χ3n) is 2.75. The van der Waals surface area contributed by atoms with Gasteiger partial charge in [-0.2, -0.15) is 0 Å². The summed E-state index contributed by atoms with van der Waals surface area (Å²) in [6.45, 7) is 2.05. The van der Waals surface area contributed by atoms with Gasteiger partial charge in [0.15, 0.2) is 6.20 Å². The predicted octanol–water partition coefficient (Wildman–Crippen LogP) is 3.02. The van der Waals surface area contributed by atoms with E-state index in [9.17, 15) is 10.1 Å². The van der Waals surface area contributed by atoms with Gasteiger partial charge in [0.25, 0.3) is 0 Å². The van der Waals surface area contributed by atoms with Crippen LogP contribution in [0.1, 0.15) is 19.1 Å². The molecule has 0 aliphatic rings. The molecule has 0 fully saturated rings. The summed E-state index contributed by atoms with van der Waals surface area (Å²) in [7, 11) is 0. The van der Waals surface area contributed by atoms with Gasteiger partial charge in [-0.05, 0) is 41.5 Å². The van der Waals surface area contributed by atoms with E-state index in [1.54, 1.807) is 12.3 Å². The molecule has 2 aromatic heterocycles. The van der Waals surface area contributed by atoms with Crippen LogP contribution in [0.3, 0.4) is 0 Å². The largest absolute Gasteiger partial charge is 0.469 e. The number of furan rings is 1. The number of nitrogens with zero attached hydrogens (tertiary/aromatic N) is 2. The molecule has 6 nitrogen and oxygen atoms in total. The van der Waals surface area contributed by atoms with Gasteiger partial charge in [-0.3, -0.25) is 0 Å². The molecule has 6 heteroatoms. The third-order valence-corrected chi connectivity index (χ3v) is 2.75. The third kappa shape index (κ3) is 3.80. The highest BCUT2D eigenvalue weighted by Gasteiger charge is 2.08. The molecule has 2 rings (SSSR count). The summed E-state index contributed by atoms with van der Waals surface area (Å²) >= 11 is 0. The molecule has 0 amide bonds. The first-order valence-electron chi connectivity index (χ1n) is 6.04. The van der Waals surface area contributed by atoms with Gasteiger partial charge in [0.2, 0.25) is 0 Å². The molecule has 0 aliphatic heterocycles. The Morgan fingerprint density at radius 1 is 1.47 bits per heavy atom. The van der Waals surface area contributed by atoms with Crippen molar-refractivity contribution in [1.82, 2.24) is 4.98 Å². The Morgan fingerprint density at radius 2 is 2.32 bits per heavy atom. The van der Waals surface area contributed by atoms with Gasteiger partial charge in [-0.1, -0.05) is 0 Å².